The van der Waals surface area contributed by atoms with Gasteiger partial charge in [-0.3, -0.25) is 9.59 Å². The normalized spacial score (nSPS) is 15.5. The van der Waals surface area contributed by atoms with Gasteiger partial charge >= 0.3 is 0 Å². The standard InChI is InChI=1S/C25H22ClFN2O3/c1-2-22-25(31)29(14-17-5-3-4-6-21(17)27)15-18-13-20(11-12-23(18)32-22)28-24(30)16-7-9-19(26)10-8-16/h3-13,22H,2,14-15H2,1H3,(H,28,30)/t22-/m0/s1. The largest absolute Gasteiger partial charge is 0.480 e. The van der Waals surface area contributed by atoms with E-state index in [2.05, 4.69) is 5.32 Å². The number of hydrogen-bond donors (Lipinski definition) is 1. The summed E-state index contributed by atoms with van der Waals surface area (Å²) < 4.78 is 20.2. The van der Waals surface area contributed by atoms with Crippen LogP contribution >= 0.6 is 11.6 Å². The first-order chi connectivity index (χ1) is 15.4. The SMILES string of the molecule is CC[C@@H]1Oc2ccc(NC(=O)c3ccc(Cl)cc3)cc2CN(Cc2ccccc2F)C1=O. The lowest BCUT2D eigenvalue weighted by Crippen LogP contribution is -2.39. The van der Waals surface area contributed by atoms with Crippen LogP contribution in [0.2, 0.25) is 5.02 Å². The van der Waals surface area contributed by atoms with Gasteiger partial charge in [0, 0.05) is 40.5 Å². The number of hydrogen-bond acceptors (Lipinski definition) is 3. The lowest BCUT2D eigenvalue weighted by atomic mass is 10.1. The molecule has 4 rings (SSSR count). The second-order valence-electron chi connectivity index (χ2n) is 7.58. The van der Waals surface area contributed by atoms with Crippen LogP contribution in [0.5, 0.6) is 5.75 Å². The summed E-state index contributed by atoms with van der Waals surface area (Å²) in [4.78, 5) is 27.2. The molecule has 0 aliphatic carbocycles. The topological polar surface area (TPSA) is 58.6 Å². The molecule has 0 fully saturated rings. The number of anilines is 1. The molecule has 1 heterocycles. The number of nitrogens with zero attached hydrogens (tertiary/aromatic N) is 1. The van der Waals surface area contributed by atoms with Gasteiger partial charge in [-0.2, -0.15) is 0 Å². The maximum atomic E-state index is 14.2. The van der Waals surface area contributed by atoms with Gasteiger partial charge in [0.25, 0.3) is 11.8 Å². The van der Waals surface area contributed by atoms with E-state index in [-0.39, 0.29) is 30.7 Å². The zero-order chi connectivity index (χ0) is 22.7. The van der Waals surface area contributed by atoms with E-state index < -0.39 is 6.10 Å². The highest BCUT2D eigenvalue weighted by molar-refractivity contribution is 6.30. The Hall–Kier alpha value is -3.38. The maximum Gasteiger partial charge on any atom is 0.264 e. The van der Waals surface area contributed by atoms with Crippen molar-refractivity contribution in [3.05, 3.63) is 94.3 Å². The molecule has 0 bridgehead atoms. The molecular weight excluding hydrogens is 431 g/mol. The number of nitrogens with one attached hydrogen (secondary N) is 1. The van der Waals surface area contributed by atoms with E-state index in [1.807, 2.05) is 6.92 Å². The molecule has 1 aliphatic rings. The molecule has 0 unspecified atom stereocenters. The minimum Gasteiger partial charge on any atom is -0.480 e. The van der Waals surface area contributed by atoms with Gasteiger partial charge < -0.3 is 15.0 Å². The number of carbonyl (C=O) groups excluding carboxylic acids is 2. The first-order valence-corrected chi connectivity index (χ1v) is 10.7. The van der Waals surface area contributed by atoms with Gasteiger partial charge in [-0.05, 0) is 55.0 Å². The molecular formula is C25H22ClFN2O3. The van der Waals surface area contributed by atoms with Crippen LogP contribution in [0.4, 0.5) is 10.1 Å². The Bertz CT molecular complexity index is 1150. The number of ether oxygens (including phenoxy) is 1. The van der Waals surface area contributed by atoms with Crippen molar-refractivity contribution in [3.8, 4) is 5.75 Å². The van der Waals surface area contributed by atoms with E-state index in [9.17, 15) is 14.0 Å². The fourth-order valence-electron chi connectivity index (χ4n) is 3.62. The Morgan fingerprint density at radius 3 is 2.62 bits per heavy atom. The van der Waals surface area contributed by atoms with Crippen molar-refractivity contribution in [2.24, 2.45) is 0 Å². The smallest absolute Gasteiger partial charge is 0.264 e. The Kier molecular flexibility index (Phi) is 6.42. The van der Waals surface area contributed by atoms with E-state index in [0.717, 1.165) is 5.56 Å². The van der Waals surface area contributed by atoms with Gasteiger partial charge in [0.15, 0.2) is 6.10 Å². The van der Waals surface area contributed by atoms with Crippen molar-refractivity contribution < 1.29 is 18.7 Å². The molecule has 7 heteroatoms. The minimum absolute atomic E-state index is 0.131. The van der Waals surface area contributed by atoms with Crippen LogP contribution in [0.1, 0.15) is 34.8 Å². The van der Waals surface area contributed by atoms with E-state index in [0.29, 0.717) is 34.0 Å². The molecule has 1 atom stereocenters. The van der Waals surface area contributed by atoms with Gasteiger partial charge in [-0.15, -0.1) is 0 Å². The first kappa shape index (κ1) is 21.8. The number of rotatable bonds is 5. The van der Waals surface area contributed by atoms with Crippen molar-refractivity contribution in [3.63, 3.8) is 0 Å². The lowest BCUT2D eigenvalue weighted by Gasteiger charge is -2.23. The molecule has 1 aliphatic heterocycles. The zero-order valence-electron chi connectivity index (χ0n) is 17.5. The Balaban J connectivity index is 1.59. The summed E-state index contributed by atoms with van der Waals surface area (Å²) in [5.74, 6) is -0.256. The second kappa shape index (κ2) is 9.40. The Labute approximate surface area is 190 Å². The molecule has 0 aromatic heterocycles. The summed E-state index contributed by atoms with van der Waals surface area (Å²) in [5, 5.41) is 3.41. The third kappa shape index (κ3) is 4.75. The average molecular weight is 453 g/mol. The molecule has 1 N–H and O–H groups in total. The summed E-state index contributed by atoms with van der Waals surface area (Å²) >= 11 is 5.89. The zero-order valence-corrected chi connectivity index (χ0v) is 18.2. The monoisotopic (exact) mass is 452 g/mol. The van der Waals surface area contributed by atoms with E-state index in [1.54, 1.807) is 65.6 Å². The van der Waals surface area contributed by atoms with Crippen LogP contribution in [0, 0.1) is 5.82 Å². The second-order valence-corrected chi connectivity index (χ2v) is 8.02. The van der Waals surface area contributed by atoms with Gasteiger partial charge in [0.1, 0.15) is 11.6 Å². The van der Waals surface area contributed by atoms with Crippen LogP contribution in [-0.4, -0.2) is 22.8 Å². The van der Waals surface area contributed by atoms with Crippen molar-refractivity contribution in [1.29, 1.82) is 0 Å². The number of carbonyl (C=O) groups is 2. The fraction of sp³-hybridized carbons (Fsp3) is 0.200. The lowest BCUT2D eigenvalue weighted by molar-refractivity contribution is -0.139. The van der Waals surface area contributed by atoms with E-state index in [4.69, 9.17) is 16.3 Å². The summed E-state index contributed by atoms with van der Waals surface area (Å²) in [7, 11) is 0. The molecule has 164 valence electrons. The molecule has 32 heavy (non-hydrogen) atoms. The highest BCUT2D eigenvalue weighted by Gasteiger charge is 2.30. The molecule has 3 aromatic carbocycles. The van der Waals surface area contributed by atoms with Gasteiger partial charge in [-0.25, -0.2) is 4.39 Å². The summed E-state index contributed by atoms with van der Waals surface area (Å²) in [6, 6.07) is 18.3. The van der Waals surface area contributed by atoms with Crippen molar-refractivity contribution >= 4 is 29.1 Å². The van der Waals surface area contributed by atoms with Crippen LogP contribution in [0.25, 0.3) is 0 Å². The predicted molar refractivity (Wildman–Crippen MR) is 121 cm³/mol. The van der Waals surface area contributed by atoms with Gasteiger partial charge in [0.05, 0.1) is 0 Å². The summed E-state index contributed by atoms with van der Waals surface area (Å²) in [5.41, 5.74) is 2.22. The van der Waals surface area contributed by atoms with Crippen molar-refractivity contribution in [1.82, 2.24) is 4.90 Å². The maximum absolute atomic E-state index is 14.2. The summed E-state index contributed by atoms with van der Waals surface area (Å²) in [6.07, 6.45) is -0.168. The number of fused-ring (bicyclic) bond motifs is 1. The van der Waals surface area contributed by atoms with Crippen LogP contribution < -0.4 is 10.1 Å². The molecule has 0 saturated carbocycles. The van der Waals surface area contributed by atoms with Crippen LogP contribution in [-0.2, 0) is 17.9 Å². The van der Waals surface area contributed by atoms with Crippen LogP contribution in [0.3, 0.4) is 0 Å². The molecule has 2 amide bonds. The third-order valence-corrected chi connectivity index (χ3v) is 5.58. The minimum atomic E-state index is -0.655. The number of amides is 2. The Morgan fingerprint density at radius 2 is 1.91 bits per heavy atom. The van der Waals surface area contributed by atoms with Crippen LogP contribution in [0.15, 0.2) is 66.7 Å². The Morgan fingerprint density at radius 1 is 1.16 bits per heavy atom. The first-order valence-electron chi connectivity index (χ1n) is 10.3. The molecule has 0 spiro atoms. The molecule has 0 radical (unpaired) electrons. The molecule has 3 aromatic rings. The predicted octanol–water partition coefficient (Wildman–Crippen LogP) is 5.43. The van der Waals surface area contributed by atoms with E-state index >= 15 is 0 Å². The molecule has 0 saturated heterocycles. The average Bonchev–Trinajstić information content (AvgIpc) is 2.92. The number of halogens is 2. The quantitative estimate of drug-likeness (QED) is 0.561. The molecule has 5 nitrogen and oxygen atoms in total. The van der Waals surface area contributed by atoms with Crippen molar-refractivity contribution in [2.75, 3.05) is 5.32 Å². The third-order valence-electron chi connectivity index (χ3n) is 5.33. The summed E-state index contributed by atoms with van der Waals surface area (Å²) in [6.45, 7) is 2.24. The van der Waals surface area contributed by atoms with E-state index in [1.165, 1.54) is 6.07 Å². The highest BCUT2D eigenvalue weighted by Crippen LogP contribution is 2.30. The fourth-order valence-corrected chi connectivity index (χ4v) is 3.74. The number of benzene rings is 3. The van der Waals surface area contributed by atoms with Crippen molar-refractivity contribution in [2.45, 2.75) is 32.5 Å². The van der Waals surface area contributed by atoms with Gasteiger partial charge in [-0.1, -0.05) is 36.7 Å². The highest BCUT2D eigenvalue weighted by atomic mass is 35.5. The van der Waals surface area contributed by atoms with Gasteiger partial charge in [0.2, 0.25) is 0 Å².